The highest BCUT2D eigenvalue weighted by Gasteiger charge is 2.15. The van der Waals surface area contributed by atoms with E-state index >= 15 is 0 Å². The van der Waals surface area contributed by atoms with Crippen molar-refractivity contribution in [2.75, 3.05) is 5.73 Å². The Morgan fingerprint density at radius 2 is 2.12 bits per heavy atom. The molecule has 5 nitrogen and oxygen atoms in total. The monoisotopic (exact) mass is 231 g/mol. The molecular weight excluding hydrogens is 214 g/mol. The molecule has 2 heterocycles. The average Bonchev–Trinajstić information content (AvgIpc) is 2.58. The zero-order valence-electron chi connectivity index (χ0n) is 10.4. The predicted octanol–water partition coefficient (Wildman–Crippen LogP) is 1.83. The molecule has 90 valence electrons. The summed E-state index contributed by atoms with van der Waals surface area (Å²) in [6.07, 6.45) is 4.04. The number of hydrogen-bond acceptors (Lipinski definition) is 4. The lowest BCUT2D eigenvalue weighted by Gasteiger charge is -2.15. The van der Waals surface area contributed by atoms with Gasteiger partial charge in [-0.2, -0.15) is 9.78 Å². The minimum atomic E-state index is 0.192. The number of aromatic nitrogens is 4. The van der Waals surface area contributed by atoms with Crippen LogP contribution in [0.5, 0.6) is 0 Å². The van der Waals surface area contributed by atoms with Crippen molar-refractivity contribution in [2.24, 2.45) is 5.41 Å². The van der Waals surface area contributed by atoms with Gasteiger partial charge in [-0.05, 0) is 11.8 Å². The Bertz CT molecular complexity index is 495. The van der Waals surface area contributed by atoms with Crippen LogP contribution in [0.25, 0.3) is 5.82 Å². The van der Waals surface area contributed by atoms with Gasteiger partial charge in [0.1, 0.15) is 12.1 Å². The van der Waals surface area contributed by atoms with E-state index < -0.39 is 0 Å². The lowest BCUT2D eigenvalue weighted by molar-refractivity contribution is 0.405. The fraction of sp³-hybridized carbons (Fsp3) is 0.417. The quantitative estimate of drug-likeness (QED) is 0.856. The van der Waals surface area contributed by atoms with Crippen molar-refractivity contribution in [3.63, 3.8) is 0 Å². The summed E-state index contributed by atoms with van der Waals surface area (Å²) in [7, 11) is 0. The third kappa shape index (κ3) is 2.81. The molecule has 0 bridgehead atoms. The van der Waals surface area contributed by atoms with Crippen molar-refractivity contribution in [1.82, 2.24) is 19.7 Å². The largest absolute Gasteiger partial charge is 0.384 e. The fourth-order valence-electron chi connectivity index (χ4n) is 1.67. The summed E-state index contributed by atoms with van der Waals surface area (Å²) in [5.41, 5.74) is 7.10. The zero-order chi connectivity index (χ0) is 12.5. The third-order valence-electron chi connectivity index (χ3n) is 2.28. The van der Waals surface area contributed by atoms with Gasteiger partial charge in [0.25, 0.3) is 0 Å². The van der Waals surface area contributed by atoms with E-state index in [4.69, 9.17) is 5.73 Å². The molecule has 0 saturated carbocycles. The van der Waals surface area contributed by atoms with E-state index in [2.05, 4.69) is 35.8 Å². The van der Waals surface area contributed by atoms with Gasteiger partial charge in [-0.15, -0.1) is 0 Å². The van der Waals surface area contributed by atoms with Crippen molar-refractivity contribution >= 4 is 5.82 Å². The standard InChI is InChI=1S/C12H17N5/c1-12(2,3)7-9-6-10(13)17(16-9)11-4-5-14-8-15-11/h4-6,8H,7,13H2,1-3H3. The molecule has 0 aliphatic rings. The van der Waals surface area contributed by atoms with Crippen LogP contribution < -0.4 is 5.73 Å². The maximum absolute atomic E-state index is 5.93. The van der Waals surface area contributed by atoms with Crippen molar-refractivity contribution in [3.8, 4) is 5.82 Å². The normalized spacial score (nSPS) is 11.7. The van der Waals surface area contributed by atoms with Crippen LogP contribution in [0, 0.1) is 5.41 Å². The van der Waals surface area contributed by atoms with Crippen LogP contribution in [-0.4, -0.2) is 19.7 Å². The number of rotatable bonds is 2. The number of nitrogen functional groups attached to an aromatic ring is 1. The third-order valence-corrected chi connectivity index (χ3v) is 2.28. The maximum atomic E-state index is 5.93. The molecule has 0 saturated heterocycles. The highest BCUT2D eigenvalue weighted by Crippen LogP contribution is 2.21. The molecule has 17 heavy (non-hydrogen) atoms. The Morgan fingerprint density at radius 3 is 2.71 bits per heavy atom. The van der Waals surface area contributed by atoms with E-state index in [1.165, 1.54) is 6.33 Å². The van der Waals surface area contributed by atoms with Crippen LogP contribution >= 0.6 is 0 Å². The van der Waals surface area contributed by atoms with Gasteiger partial charge in [-0.1, -0.05) is 20.8 Å². The first-order valence-electron chi connectivity index (χ1n) is 5.56. The first-order valence-corrected chi connectivity index (χ1v) is 5.56. The zero-order valence-corrected chi connectivity index (χ0v) is 10.4. The van der Waals surface area contributed by atoms with Gasteiger partial charge in [-0.3, -0.25) is 0 Å². The Hall–Kier alpha value is -1.91. The van der Waals surface area contributed by atoms with E-state index in [1.54, 1.807) is 16.9 Å². The minimum absolute atomic E-state index is 0.192. The van der Waals surface area contributed by atoms with Gasteiger partial charge >= 0.3 is 0 Å². The molecule has 0 fully saturated rings. The van der Waals surface area contributed by atoms with Crippen LogP contribution in [-0.2, 0) is 6.42 Å². The van der Waals surface area contributed by atoms with Gasteiger partial charge < -0.3 is 5.73 Å². The molecule has 2 aromatic heterocycles. The van der Waals surface area contributed by atoms with Crippen molar-refractivity contribution in [1.29, 1.82) is 0 Å². The SMILES string of the molecule is CC(C)(C)Cc1cc(N)n(-c2ccncn2)n1. The molecule has 0 spiro atoms. The summed E-state index contributed by atoms with van der Waals surface area (Å²) in [6, 6.07) is 3.68. The molecule has 0 atom stereocenters. The van der Waals surface area contributed by atoms with Crippen LogP contribution in [0.15, 0.2) is 24.7 Å². The highest BCUT2D eigenvalue weighted by molar-refractivity contribution is 5.38. The van der Waals surface area contributed by atoms with Crippen LogP contribution in [0.2, 0.25) is 0 Å². The molecular formula is C12H17N5. The van der Waals surface area contributed by atoms with E-state index in [9.17, 15) is 0 Å². The molecule has 0 aromatic carbocycles. The topological polar surface area (TPSA) is 69.6 Å². The molecule has 2 rings (SSSR count). The van der Waals surface area contributed by atoms with E-state index in [0.717, 1.165) is 12.1 Å². The summed E-state index contributed by atoms with van der Waals surface area (Å²) in [5.74, 6) is 1.29. The van der Waals surface area contributed by atoms with Gasteiger partial charge in [0.2, 0.25) is 0 Å². The van der Waals surface area contributed by atoms with Gasteiger partial charge in [0, 0.05) is 18.3 Å². The number of hydrogen-bond donors (Lipinski definition) is 1. The lowest BCUT2D eigenvalue weighted by Crippen LogP contribution is -2.10. The molecule has 0 radical (unpaired) electrons. The Kier molecular flexibility index (Phi) is 2.83. The number of anilines is 1. The second kappa shape index (κ2) is 4.16. The second-order valence-corrected chi connectivity index (χ2v) is 5.28. The summed E-state index contributed by atoms with van der Waals surface area (Å²) >= 11 is 0. The molecule has 0 aliphatic heterocycles. The van der Waals surface area contributed by atoms with Crippen LogP contribution in [0.1, 0.15) is 26.5 Å². The Balaban J connectivity index is 2.32. The smallest absolute Gasteiger partial charge is 0.159 e. The Morgan fingerprint density at radius 1 is 1.35 bits per heavy atom. The number of nitrogens with zero attached hydrogens (tertiary/aromatic N) is 4. The molecule has 2 aromatic rings. The van der Waals surface area contributed by atoms with Crippen molar-refractivity contribution in [2.45, 2.75) is 27.2 Å². The maximum Gasteiger partial charge on any atom is 0.159 e. The summed E-state index contributed by atoms with van der Waals surface area (Å²) in [5, 5.41) is 4.47. The first kappa shape index (κ1) is 11.6. The van der Waals surface area contributed by atoms with E-state index in [0.29, 0.717) is 11.6 Å². The average molecular weight is 231 g/mol. The van der Waals surface area contributed by atoms with Crippen molar-refractivity contribution in [3.05, 3.63) is 30.4 Å². The van der Waals surface area contributed by atoms with Crippen molar-refractivity contribution < 1.29 is 0 Å². The van der Waals surface area contributed by atoms with Crippen LogP contribution in [0.4, 0.5) is 5.82 Å². The summed E-state index contributed by atoms with van der Waals surface area (Å²) in [4.78, 5) is 8.00. The highest BCUT2D eigenvalue weighted by atomic mass is 15.3. The first-order chi connectivity index (χ1) is 7.96. The summed E-state index contributed by atoms with van der Waals surface area (Å²) < 4.78 is 1.64. The molecule has 0 aliphatic carbocycles. The predicted molar refractivity (Wildman–Crippen MR) is 66.7 cm³/mol. The van der Waals surface area contributed by atoms with E-state index in [1.807, 2.05) is 6.07 Å². The van der Waals surface area contributed by atoms with E-state index in [-0.39, 0.29) is 5.41 Å². The van der Waals surface area contributed by atoms with Gasteiger partial charge in [0.15, 0.2) is 5.82 Å². The lowest BCUT2D eigenvalue weighted by atomic mass is 9.91. The second-order valence-electron chi connectivity index (χ2n) is 5.28. The van der Waals surface area contributed by atoms with Crippen LogP contribution in [0.3, 0.4) is 0 Å². The van der Waals surface area contributed by atoms with Gasteiger partial charge in [-0.25, -0.2) is 9.97 Å². The molecule has 0 amide bonds. The fourth-order valence-corrected chi connectivity index (χ4v) is 1.67. The summed E-state index contributed by atoms with van der Waals surface area (Å²) in [6.45, 7) is 6.52. The Labute approximate surface area is 101 Å². The molecule has 0 unspecified atom stereocenters. The molecule has 2 N–H and O–H groups in total. The number of nitrogens with two attached hydrogens (primary N) is 1. The molecule has 5 heteroatoms. The van der Waals surface area contributed by atoms with Gasteiger partial charge in [0.05, 0.1) is 5.69 Å². The minimum Gasteiger partial charge on any atom is -0.384 e.